The number of hydrogen-bond donors (Lipinski definition) is 0. The zero-order valence-corrected chi connectivity index (χ0v) is 20.7. The van der Waals surface area contributed by atoms with Gasteiger partial charge in [-0.05, 0) is 31.4 Å². The average molecular weight is 469 g/mol. The predicted octanol–water partition coefficient (Wildman–Crippen LogP) is 3.05. The molecule has 0 unspecified atom stereocenters. The van der Waals surface area contributed by atoms with E-state index in [2.05, 4.69) is 38.5 Å². The SMILES string of the molecule is CCC(CC)N1CCN(C(=O)CN2CCN(c3cnc(-c4cccc(C)c4F)cn3)CC2)CC1. The maximum Gasteiger partial charge on any atom is 0.236 e. The van der Waals surface area contributed by atoms with Gasteiger partial charge in [0, 0.05) is 64.0 Å². The van der Waals surface area contributed by atoms with Crippen molar-refractivity contribution in [3.8, 4) is 11.3 Å². The van der Waals surface area contributed by atoms with E-state index in [-0.39, 0.29) is 11.7 Å². The van der Waals surface area contributed by atoms with Gasteiger partial charge in [0.05, 0.1) is 24.6 Å². The molecule has 0 spiro atoms. The number of anilines is 1. The molecular formula is C26H37FN6O. The summed E-state index contributed by atoms with van der Waals surface area (Å²) in [7, 11) is 0. The van der Waals surface area contributed by atoms with E-state index in [1.807, 2.05) is 11.0 Å². The lowest BCUT2D eigenvalue weighted by molar-refractivity contribution is -0.134. The molecule has 1 aromatic heterocycles. The van der Waals surface area contributed by atoms with Crippen LogP contribution in [0.25, 0.3) is 11.3 Å². The Morgan fingerprint density at radius 1 is 0.971 bits per heavy atom. The highest BCUT2D eigenvalue weighted by Gasteiger charge is 2.27. The van der Waals surface area contributed by atoms with Crippen molar-refractivity contribution in [3.05, 3.63) is 42.0 Å². The summed E-state index contributed by atoms with van der Waals surface area (Å²) in [6.07, 6.45) is 5.71. The number of aryl methyl sites for hydroxylation is 1. The number of piperazine rings is 2. The van der Waals surface area contributed by atoms with Gasteiger partial charge >= 0.3 is 0 Å². The van der Waals surface area contributed by atoms with Crippen LogP contribution < -0.4 is 4.90 Å². The maximum atomic E-state index is 14.4. The number of benzene rings is 1. The summed E-state index contributed by atoms with van der Waals surface area (Å²) in [6.45, 7) is 13.6. The first-order valence-electron chi connectivity index (χ1n) is 12.6. The van der Waals surface area contributed by atoms with Gasteiger partial charge in [-0.15, -0.1) is 0 Å². The molecule has 0 aliphatic carbocycles. The van der Waals surface area contributed by atoms with E-state index >= 15 is 0 Å². The fourth-order valence-corrected chi connectivity index (χ4v) is 5.04. The summed E-state index contributed by atoms with van der Waals surface area (Å²) in [6, 6.07) is 5.95. The molecule has 0 saturated carbocycles. The Hall–Kier alpha value is -2.58. The van der Waals surface area contributed by atoms with Crippen LogP contribution in [0.2, 0.25) is 0 Å². The third-order valence-electron chi connectivity index (χ3n) is 7.29. The molecule has 2 aromatic rings. The molecule has 0 atom stereocenters. The Labute approximate surface area is 202 Å². The molecule has 0 N–H and O–H groups in total. The first kappa shape index (κ1) is 24.5. The summed E-state index contributed by atoms with van der Waals surface area (Å²) in [5.41, 5.74) is 1.61. The minimum absolute atomic E-state index is 0.238. The van der Waals surface area contributed by atoms with E-state index in [1.165, 1.54) is 12.8 Å². The molecular weight excluding hydrogens is 431 g/mol. The molecule has 7 nitrogen and oxygen atoms in total. The van der Waals surface area contributed by atoms with Gasteiger partial charge in [-0.2, -0.15) is 0 Å². The van der Waals surface area contributed by atoms with Crippen LogP contribution in [0.3, 0.4) is 0 Å². The van der Waals surface area contributed by atoms with Crippen LogP contribution in [-0.4, -0.2) is 95.5 Å². The Kier molecular flexibility index (Phi) is 8.11. The minimum Gasteiger partial charge on any atom is -0.353 e. The van der Waals surface area contributed by atoms with Gasteiger partial charge in [-0.3, -0.25) is 19.6 Å². The topological polar surface area (TPSA) is 55.8 Å². The van der Waals surface area contributed by atoms with Crippen molar-refractivity contribution in [2.75, 3.05) is 63.8 Å². The zero-order valence-electron chi connectivity index (χ0n) is 20.7. The average Bonchev–Trinajstić information content (AvgIpc) is 2.87. The quantitative estimate of drug-likeness (QED) is 0.623. The van der Waals surface area contributed by atoms with E-state index in [9.17, 15) is 9.18 Å². The highest BCUT2D eigenvalue weighted by atomic mass is 19.1. The van der Waals surface area contributed by atoms with Gasteiger partial charge in [0.25, 0.3) is 0 Å². The van der Waals surface area contributed by atoms with Crippen molar-refractivity contribution in [1.29, 1.82) is 0 Å². The van der Waals surface area contributed by atoms with Crippen molar-refractivity contribution in [3.63, 3.8) is 0 Å². The molecule has 2 saturated heterocycles. The van der Waals surface area contributed by atoms with Gasteiger partial charge in [-0.25, -0.2) is 9.37 Å². The monoisotopic (exact) mass is 468 g/mol. The largest absolute Gasteiger partial charge is 0.353 e. The fourth-order valence-electron chi connectivity index (χ4n) is 5.04. The van der Waals surface area contributed by atoms with Crippen LogP contribution in [0.1, 0.15) is 32.3 Å². The number of nitrogens with zero attached hydrogens (tertiary/aromatic N) is 6. The molecule has 2 fully saturated rings. The van der Waals surface area contributed by atoms with Gasteiger partial charge in [0.1, 0.15) is 11.6 Å². The number of hydrogen-bond acceptors (Lipinski definition) is 6. The lowest BCUT2D eigenvalue weighted by Gasteiger charge is -2.40. The van der Waals surface area contributed by atoms with E-state index in [0.717, 1.165) is 58.2 Å². The van der Waals surface area contributed by atoms with Gasteiger partial charge in [-0.1, -0.05) is 26.0 Å². The van der Waals surface area contributed by atoms with E-state index in [0.29, 0.717) is 29.4 Å². The zero-order chi connectivity index (χ0) is 24.1. The van der Waals surface area contributed by atoms with Gasteiger partial charge in [0.15, 0.2) is 0 Å². The van der Waals surface area contributed by atoms with Crippen LogP contribution in [-0.2, 0) is 4.79 Å². The number of aromatic nitrogens is 2. The second-order valence-corrected chi connectivity index (χ2v) is 9.35. The number of halogens is 1. The molecule has 34 heavy (non-hydrogen) atoms. The number of carbonyl (C=O) groups is 1. The van der Waals surface area contributed by atoms with Crippen molar-refractivity contribution >= 4 is 11.7 Å². The van der Waals surface area contributed by atoms with Gasteiger partial charge < -0.3 is 9.80 Å². The Morgan fingerprint density at radius 3 is 2.29 bits per heavy atom. The second-order valence-electron chi connectivity index (χ2n) is 9.35. The summed E-state index contributed by atoms with van der Waals surface area (Å²) >= 11 is 0. The third-order valence-corrected chi connectivity index (χ3v) is 7.29. The van der Waals surface area contributed by atoms with Crippen molar-refractivity contribution in [1.82, 2.24) is 24.7 Å². The van der Waals surface area contributed by atoms with E-state index in [1.54, 1.807) is 31.5 Å². The molecule has 2 aliphatic rings. The lowest BCUT2D eigenvalue weighted by atomic mass is 10.1. The number of amides is 1. The lowest BCUT2D eigenvalue weighted by Crippen LogP contribution is -2.55. The minimum atomic E-state index is -0.250. The highest BCUT2D eigenvalue weighted by Crippen LogP contribution is 2.23. The van der Waals surface area contributed by atoms with Gasteiger partial charge in [0.2, 0.25) is 5.91 Å². The Bertz CT molecular complexity index is 948. The molecule has 0 bridgehead atoms. The maximum absolute atomic E-state index is 14.4. The standard InChI is InChI=1S/C26H37FN6O/c1-4-21(5-2)31-13-15-33(16-14-31)25(34)19-30-9-11-32(12-10-30)24-18-28-23(17-29-24)22-8-6-7-20(3)26(22)27/h6-8,17-18,21H,4-5,9-16,19H2,1-3H3. The molecule has 1 aromatic carbocycles. The molecule has 8 heteroatoms. The summed E-state index contributed by atoms with van der Waals surface area (Å²) in [5.74, 6) is 0.780. The van der Waals surface area contributed by atoms with Crippen LogP contribution in [0.15, 0.2) is 30.6 Å². The Balaban J connectivity index is 1.25. The molecule has 2 aliphatic heterocycles. The predicted molar refractivity (Wildman–Crippen MR) is 133 cm³/mol. The molecule has 4 rings (SSSR count). The second kappa shape index (κ2) is 11.2. The van der Waals surface area contributed by atoms with Crippen LogP contribution in [0.4, 0.5) is 10.2 Å². The summed E-state index contributed by atoms with van der Waals surface area (Å²) in [5, 5.41) is 0. The molecule has 0 radical (unpaired) electrons. The van der Waals surface area contributed by atoms with Crippen LogP contribution in [0.5, 0.6) is 0 Å². The number of carbonyl (C=O) groups excluding carboxylic acids is 1. The fraction of sp³-hybridized carbons (Fsp3) is 0.577. The molecule has 184 valence electrons. The third kappa shape index (κ3) is 5.55. The Morgan fingerprint density at radius 2 is 1.68 bits per heavy atom. The normalized spacial score (nSPS) is 18.0. The first-order chi connectivity index (χ1) is 16.5. The van der Waals surface area contributed by atoms with Crippen molar-refractivity contribution in [2.24, 2.45) is 0 Å². The van der Waals surface area contributed by atoms with Crippen LogP contribution >= 0.6 is 0 Å². The molecule has 1 amide bonds. The van der Waals surface area contributed by atoms with Crippen molar-refractivity contribution < 1.29 is 9.18 Å². The van der Waals surface area contributed by atoms with E-state index in [4.69, 9.17) is 0 Å². The van der Waals surface area contributed by atoms with Crippen molar-refractivity contribution in [2.45, 2.75) is 39.7 Å². The summed E-state index contributed by atoms with van der Waals surface area (Å²) < 4.78 is 14.4. The molecule has 3 heterocycles. The smallest absolute Gasteiger partial charge is 0.236 e. The summed E-state index contributed by atoms with van der Waals surface area (Å²) in [4.78, 5) is 30.8. The first-order valence-corrected chi connectivity index (χ1v) is 12.6. The highest BCUT2D eigenvalue weighted by molar-refractivity contribution is 5.78. The van der Waals surface area contributed by atoms with Crippen LogP contribution in [0, 0.1) is 12.7 Å². The number of rotatable bonds is 7. The van der Waals surface area contributed by atoms with E-state index < -0.39 is 0 Å².